The van der Waals surface area contributed by atoms with Crippen molar-refractivity contribution in [2.24, 2.45) is 0 Å². The Labute approximate surface area is 213 Å². The smallest absolute Gasteiger partial charge is 0.127 e. The number of nitrogens with zero attached hydrogens (tertiary/aromatic N) is 4. The molecule has 8 heteroatoms. The number of rotatable bonds is 7. The van der Waals surface area contributed by atoms with Crippen LogP contribution in [0.2, 0.25) is 0 Å². The highest BCUT2D eigenvalue weighted by Gasteiger charge is 2.15. The van der Waals surface area contributed by atoms with Gasteiger partial charge >= 0.3 is 0 Å². The standard InChI is InChI=1S/C29H25FN6O/c1-36(2)8-9-37-22-11-20(10-21(30)13-22)25-16-32-17-28-23(25)14-27(33-28)29-24-12-18(5-6-26(24)34-35-29)19-4-3-7-31-15-19/h3-7,10-17,33H,8-9H2,1-2H3,(H,34,35). The van der Waals surface area contributed by atoms with E-state index < -0.39 is 0 Å². The van der Waals surface area contributed by atoms with Crippen LogP contribution in [-0.4, -0.2) is 57.3 Å². The molecule has 0 aliphatic rings. The molecule has 0 atom stereocenters. The van der Waals surface area contributed by atoms with Gasteiger partial charge in [0.2, 0.25) is 0 Å². The minimum atomic E-state index is -0.355. The zero-order chi connectivity index (χ0) is 25.4. The van der Waals surface area contributed by atoms with E-state index in [1.165, 1.54) is 12.1 Å². The lowest BCUT2D eigenvalue weighted by molar-refractivity contribution is 0.260. The molecule has 0 aliphatic heterocycles. The quantitative estimate of drug-likeness (QED) is 0.289. The van der Waals surface area contributed by atoms with Gasteiger partial charge in [-0.3, -0.25) is 15.1 Å². The Kier molecular flexibility index (Phi) is 5.86. The van der Waals surface area contributed by atoms with Crippen molar-refractivity contribution in [2.45, 2.75) is 0 Å². The second kappa shape index (κ2) is 9.48. The zero-order valence-corrected chi connectivity index (χ0v) is 20.5. The van der Waals surface area contributed by atoms with E-state index in [0.29, 0.717) is 17.9 Å². The number of pyridine rings is 2. The molecular weight excluding hydrogens is 467 g/mol. The van der Waals surface area contributed by atoms with Gasteiger partial charge in [0.15, 0.2) is 0 Å². The van der Waals surface area contributed by atoms with Gasteiger partial charge < -0.3 is 14.6 Å². The monoisotopic (exact) mass is 492 g/mol. The fourth-order valence-electron chi connectivity index (χ4n) is 4.49. The van der Waals surface area contributed by atoms with Crippen LogP contribution in [-0.2, 0) is 0 Å². The molecule has 6 rings (SSSR count). The van der Waals surface area contributed by atoms with E-state index in [9.17, 15) is 4.39 Å². The summed E-state index contributed by atoms with van der Waals surface area (Å²) in [6, 6.07) is 16.9. The Bertz CT molecular complexity index is 1710. The summed E-state index contributed by atoms with van der Waals surface area (Å²) >= 11 is 0. The highest BCUT2D eigenvalue weighted by atomic mass is 19.1. The summed E-state index contributed by atoms with van der Waals surface area (Å²) in [5.41, 5.74) is 7.03. The average molecular weight is 493 g/mol. The number of H-pyrrole nitrogens is 2. The molecule has 2 N–H and O–H groups in total. The van der Waals surface area contributed by atoms with Crippen LogP contribution in [0.5, 0.6) is 5.75 Å². The molecule has 0 unspecified atom stereocenters. The van der Waals surface area contributed by atoms with Crippen molar-refractivity contribution < 1.29 is 9.13 Å². The third-order valence-corrected chi connectivity index (χ3v) is 6.35. The molecule has 0 fully saturated rings. The molecule has 7 nitrogen and oxygen atoms in total. The summed E-state index contributed by atoms with van der Waals surface area (Å²) < 4.78 is 20.3. The number of aromatic amines is 2. The molecular formula is C29H25FN6O. The number of aromatic nitrogens is 5. The summed E-state index contributed by atoms with van der Waals surface area (Å²) in [6.45, 7) is 1.21. The van der Waals surface area contributed by atoms with E-state index in [1.807, 2.05) is 55.5 Å². The van der Waals surface area contributed by atoms with Crippen LogP contribution in [0.25, 0.3) is 55.4 Å². The summed E-state index contributed by atoms with van der Waals surface area (Å²) in [5.74, 6) is 0.136. The summed E-state index contributed by atoms with van der Waals surface area (Å²) in [7, 11) is 3.94. The molecule has 0 spiro atoms. The maximum absolute atomic E-state index is 14.5. The predicted octanol–water partition coefficient (Wildman–Crippen LogP) is 5.91. The first-order valence-electron chi connectivity index (χ1n) is 12.0. The van der Waals surface area contributed by atoms with Gasteiger partial charge in [0, 0.05) is 53.1 Å². The molecule has 2 aromatic carbocycles. The fraction of sp³-hybridized carbons (Fsp3) is 0.138. The minimum absolute atomic E-state index is 0.355. The van der Waals surface area contributed by atoms with E-state index in [1.54, 1.807) is 18.6 Å². The van der Waals surface area contributed by atoms with Gasteiger partial charge in [0.25, 0.3) is 0 Å². The number of hydrogen-bond acceptors (Lipinski definition) is 5. The number of fused-ring (bicyclic) bond motifs is 2. The maximum Gasteiger partial charge on any atom is 0.127 e. The number of halogens is 1. The first kappa shape index (κ1) is 22.9. The van der Waals surface area contributed by atoms with E-state index in [0.717, 1.165) is 56.4 Å². The van der Waals surface area contributed by atoms with Crippen LogP contribution >= 0.6 is 0 Å². The van der Waals surface area contributed by atoms with Gasteiger partial charge in [-0.15, -0.1) is 0 Å². The lowest BCUT2D eigenvalue weighted by atomic mass is 10.0. The SMILES string of the molecule is CN(C)CCOc1cc(F)cc(-c2cncc3[nH]c(-c4n[nH]c5ccc(-c6cccnc6)cc45)cc23)c1. The molecule has 0 amide bonds. The van der Waals surface area contributed by atoms with E-state index in [4.69, 9.17) is 4.74 Å². The Morgan fingerprint density at radius 1 is 0.865 bits per heavy atom. The number of ether oxygens (including phenoxy) is 1. The molecule has 0 bridgehead atoms. The van der Waals surface area contributed by atoms with Crippen molar-refractivity contribution in [3.8, 4) is 39.4 Å². The number of nitrogens with one attached hydrogen (secondary N) is 2. The second-order valence-corrected chi connectivity index (χ2v) is 9.23. The lowest BCUT2D eigenvalue weighted by Gasteiger charge is -2.12. The lowest BCUT2D eigenvalue weighted by Crippen LogP contribution is -2.19. The van der Waals surface area contributed by atoms with Crippen molar-refractivity contribution in [1.29, 1.82) is 0 Å². The molecule has 184 valence electrons. The minimum Gasteiger partial charge on any atom is -0.492 e. The van der Waals surface area contributed by atoms with Gasteiger partial charge in [0.1, 0.15) is 23.9 Å². The van der Waals surface area contributed by atoms with Crippen molar-refractivity contribution in [2.75, 3.05) is 27.2 Å². The molecule has 6 aromatic rings. The third-order valence-electron chi connectivity index (χ3n) is 6.35. The fourth-order valence-corrected chi connectivity index (χ4v) is 4.49. The van der Waals surface area contributed by atoms with Crippen LogP contribution < -0.4 is 4.74 Å². The molecule has 0 radical (unpaired) electrons. The van der Waals surface area contributed by atoms with Crippen molar-refractivity contribution in [1.82, 2.24) is 30.0 Å². The Morgan fingerprint density at radius 3 is 2.62 bits per heavy atom. The Hall–Kier alpha value is -4.56. The van der Waals surface area contributed by atoms with Crippen molar-refractivity contribution in [3.05, 3.63) is 85.2 Å². The number of likely N-dealkylation sites (N-methyl/N-ethyl adjacent to an activating group) is 1. The first-order chi connectivity index (χ1) is 18.0. The molecule has 4 heterocycles. The van der Waals surface area contributed by atoms with Crippen LogP contribution in [0, 0.1) is 5.82 Å². The largest absolute Gasteiger partial charge is 0.492 e. The van der Waals surface area contributed by atoms with Gasteiger partial charge in [0.05, 0.1) is 22.9 Å². The first-order valence-corrected chi connectivity index (χ1v) is 12.0. The normalized spacial score (nSPS) is 11.6. The zero-order valence-electron chi connectivity index (χ0n) is 20.5. The van der Waals surface area contributed by atoms with Crippen LogP contribution in [0.1, 0.15) is 0 Å². The van der Waals surface area contributed by atoms with Gasteiger partial charge in [-0.2, -0.15) is 5.10 Å². The highest BCUT2D eigenvalue weighted by molar-refractivity contribution is 6.01. The van der Waals surface area contributed by atoms with Gasteiger partial charge in [-0.1, -0.05) is 12.1 Å². The van der Waals surface area contributed by atoms with Crippen molar-refractivity contribution >= 4 is 21.8 Å². The highest BCUT2D eigenvalue weighted by Crippen LogP contribution is 2.36. The molecule has 0 saturated heterocycles. The number of hydrogen-bond donors (Lipinski definition) is 2. The van der Waals surface area contributed by atoms with Crippen LogP contribution in [0.3, 0.4) is 0 Å². The van der Waals surface area contributed by atoms with E-state index >= 15 is 0 Å². The van der Waals surface area contributed by atoms with Gasteiger partial charge in [-0.05, 0) is 61.6 Å². The maximum atomic E-state index is 14.5. The summed E-state index contributed by atoms with van der Waals surface area (Å²) in [5, 5.41) is 9.64. The number of benzene rings is 2. The predicted molar refractivity (Wildman–Crippen MR) is 144 cm³/mol. The van der Waals surface area contributed by atoms with Gasteiger partial charge in [-0.25, -0.2) is 4.39 Å². The molecule has 37 heavy (non-hydrogen) atoms. The van der Waals surface area contributed by atoms with E-state index in [-0.39, 0.29) is 5.82 Å². The topological polar surface area (TPSA) is 82.7 Å². The van der Waals surface area contributed by atoms with Crippen LogP contribution in [0.15, 0.2) is 79.4 Å². The van der Waals surface area contributed by atoms with E-state index in [2.05, 4.69) is 37.3 Å². The van der Waals surface area contributed by atoms with Crippen LogP contribution in [0.4, 0.5) is 4.39 Å². The average Bonchev–Trinajstić information content (AvgIpc) is 3.52. The Morgan fingerprint density at radius 2 is 1.78 bits per heavy atom. The molecule has 4 aromatic heterocycles. The second-order valence-electron chi connectivity index (χ2n) is 9.23. The molecule has 0 saturated carbocycles. The van der Waals surface area contributed by atoms with Crippen molar-refractivity contribution in [3.63, 3.8) is 0 Å². The third kappa shape index (κ3) is 4.54. The summed E-state index contributed by atoms with van der Waals surface area (Å²) in [6.07, 6.45) is 7.13. The summed E-state index contributed by atoms with van der Waals surface area (Å²) in [4.78, 5) is 14.1. The Balaban J connectivity index is 1.41. The molecule has 0 aliphatic carbocycles.